The van der Waals surface area contributed by atoms with Gasteiger partial charge >= 0.3 is 6.36 Å². The van der Waals surface area contributed by atoms with Crippen LogP contribution in [0.1, 0.15) is 5.56 Å². The van der Waals surface area contributed by atoms with Crippen LogP contribution in [0.2, 0.25) is 0 Å². The van der Waals surface area contributed by atoms with E-state index >= 15 is 0 Å². The summed E-state index contributed by atoms with van der Waals surface area (Å²) < 4.78 is 45.7. The van der Waals surface area contributed by atoms with Gasteiger partial charge in [-0.25, -0.2) is 0 Å². The van der Waals surface area contributed by atoms with Crippen LogP contribution in [-0.2, 0) is 0 Å². The molecule has 0 saturated carbocycles. The molecule has 21 heavy (non-hydrogen) atoms. The summed E-state index contributed by atoms with van der Waals surface area (Å²) in [4.78, 5) is 0. The summed E-state index contributed by atoms with van der Waals surface area (Å²) in [5.41, 5.74) is 1.90. The summed E-state index contributed by atoms with van der Waals surface area (Å²) in [5, 5.41) is 9.55. The molecule has 6 heteroatoms. The summed E-state index contributed by atoms with van der Waals surface area (Å²) in [6, 6.07) is 8.65. The Morgan fingerprint density at radius 1 is 1.00 bits per heavy atom. The molecule has 0 radical (unpaired) electrons. The summed E-state index contributed by atoms with van der Waals surface area (Å²) in [5.74, 6) is -0.100. The third-order valence-corrected chi connectivity index (χ3v) is 2.85. The number of phenolic OH excluding ortho intramolecular Hbond substituents is 1. The number of ether oxygens (including phenoxy) is 2. The van der Waals surface area contributed by atoms with E-state index in [2.05, 4.69) is 4.74 Å². The van der Waals surface area contributed by atoms with Gasteiger partial charge in [0.05, 0.1) is 7.11 Å². The Bertz CT molecular complexity index is 651. The normalized spacial score (nSPS) is 11.3. The zero-order chi connectivity index (χ0) is 15.6. The Kier molecular flexibility index (Phi) is 3.97. The van der Waals surface area contributed by atoms with E-state index in [0.29, 0.717) is 16.9 Å². The highest BCUT2D eigenvalue weighted by atomic mass is 19.4. The first-order valence-corrected chi connectivity index (χ1v) is 6.03. The van der Waals surface area contributed by atoms with Crippen LogP contribution in [0.25, 0.3) is 11.1 Å². The monoisotopic (exact) mass is 298 g/mol. The van der Waals surface area contributed by atoms with E-state index in [9.17, 15) is 18.3 Å². The number of hydrogen-bond acceptors (Lipinski definition) is 3. The highest BCUT2D eigenvalue weighted by Crippen LogP contribution is 2.33. The molecule has 0 saturated heterocycles. The molecule has 0 spiro atoms. The molecule has 0 atom stereocenters. The molecule has 0 amide bonds. The zero-order valence-corrected chi connectivity index (χ0v) is 11.4. The number of phenols is 1. The molecule has 2 aromatic carbocycles. The van der Waals surface area contributed by atoms with Crippen molar-refractivity contribution in [2.24, 2.45) is 0 Å². The van der Waals surface area contributed by atoms with Gasteiger partial charge in [0.2, 0.25) is 0 Å². The van der Waals surface area contributed by atoms with Gasteiger partial charge in [-0.15, -0.1) is 13.2 Å². The van der Waals surface area contributed by atoms with Gasteiger partial charge in [-0.3, -0.25) is 0 Å². The topological polar surface area (TPSA) is 38.7 Å². The van der Waals surface area contributed by atoms with Crippen molar-refractivity contribution in [3.05, 3.63) is 42.0 Å². The molecule has 0 fully saturated rings. The average Bonchev–Trinajstić information content (AvgIpc) is 2.35. The van der Waals surface area contributed by atoms with Crippen LogP contribution in [0.4, 0.5) is 13.2 Å². The fourth-order valence-electron chi connectivity index (χ4n) is 2.00. The van der Waals surface area contributed by atoms with Gasteiger partial charge in [0, 0.05) is 6.07 Å². The summed E-state index contributed by atoms with van der Waals surface area (Å²) in [7, 11) is 1.53. The highest BCUT2D eigenvalue weighted by Gasteiger charge is 2.31. The minimum Gasteiger partial charge on any atom is -0.508 e. The third-order valence-electron chi connectivity index (χ3n) is 2.85. The average molecular weight is 298 g/mol. The van der Waals surface area contributed by atoms with Crippen molar-refractivity contribution in [1.29, 1.82) is 0 Å². The number of aryl methyl sites for hydroxylation is 1. The number of methoxy groups -OCH3 is 1. The van der Waals surface area contributed by atoms with Gasteiger partial charge in [0.15, 0.2) is 0 Å². The molecule has 0 unspecified atom stereocenters. The molecule has 2 aromatic rings. The second kappa shape index (κ2) is 5.55. The van der Waals surface area contributed by atoms with Crippen LogP contribution in [0.3, 0.4) is 0 Å². The second-order valence-electron chi connectivity index (χ2n) is 4.45. The van der Waals surface area contributed by atoms with Crippen LogP contribution < -0.4 is 9.47 Å². The maximum Gasteiger partial charge on any atom is 0.573 e. The van der Waals surface area contributed by atoms with Gasteiger partial charge in [0.1, 0.15) is 17.2 Å². The molecule has 3 nitrogen and oxygen atoms in total. The van der Waals surface area contributed by atoms with Crippen LogP contribution in [0.15, 0.2) is 36.4 Å². The lowest BCUT2D eigenvalue weighted by Crippen LogP contribution is -2.17. The van der Waals surface area contributed by atoms with Gasteiger partial charge in [-0.1, -0.05) is 6.07 Å². The molecular formula is C15H13F3O3. The van der Waals surface area contributed by atoms with E-state index < -0.39 is 12.1 Å². The predicted molar refractivity (Wildman–Crippen MR) is 71.5 cm³/mol. The molecule has 1 N–H and O–H groups in total. The SMILES string of the molecule is COc1ccc(-c2cc(O)cc(OC(F)(F)F)c2)cc1C. The van der Waals surface area contributed by atoms with Crippen molar-refractivity contribution < 1.29 is 27.8 Å². The first-order chi connectivity index (χ1) is 9.78. The molecule has 0 aliphatic heterocycles. The summed E-state index contributed by atoms with van der Waals surface area (Å²) >= 11 is 0. The number of rotatable bonds is 3. The van der Waals surface area contributed by atoms with Crippen molar-refractivity contribution in [3.63, 3.8) is 0 Å². The molecule has 0 heterocycles. The molecular weight excluding hydrogens is 285 g/mol. The first kappa shape index (κ1) is 15.0. The maximum absolute atomic E-state index is 12.2. The first-order valence-electron chi connectivity index (χ1n) is 6.03. The number of alkyl halides is 3. The van der Waals surface area contributed by atoms with Crippen LogP contribution >= 0.6 is 0 Å². The lowest BCUT2D eigenvalue weighted by atomic mass is 10.0. The van der Waals surface area contributed by atoms with E-state index in [-0.39, 0.29) is 5.75 Å². The summed E-state index contributed by atoms with van der Waals surface area (Å²) in [6.45, 7) is 1.82. The molecule has 0 bridgehead atoms. The third kappa shape index (κ3) is 3.81. The lowest BCUT2D eigenvalue weighted by molar-refractivity contribution is -0.274. The van der Waals surface area contributed by atoms with Crippen LogP contribution in [0, 0.1) is 6.92 Å². The van der Waals surface area contributed by atoms with Crippen LogP contribution in [0.5, 0.6) is 17.2 Å². The zero-order valence-electron chi connectivity index (χ0n) is 11.4. The Morgan fingerprint density at radius 3 is 2.29 bits per heavy atom. The van der Waals surface area contributed by atoms with Gasteiger partial charge in [-0.05, 0) is 47.9 Å². The van der Waals surface area contributed by atoms with Gasteiger partial charge in [0.25, 0.3) is 0 Å². The lowest BCUT2D eigenvalue weighted by Gasteiger charge is -2.12. The quantitative estimate of drug-likeness (QED) is 0.919. The predicted octanol–water partition coefficient (Wildman–Crippen LogP) is 4.27. The largest absolute Gasteiger partial charge is 0.573 e. The molecule has 2 rings (SSSR count). The highest BCUT2D eigenvalue weighted by molar-refractivity contribution is 5.68. The van der Waals surface area contributed by atoms with Gasteiger partial charge in [-0.2, -0.15) is 0 Å². The number of hydrogen-bond donors (Lipinski definition) is 1. The fourth-order valence-corrected chi connectivity index (χ4v) is 2.00. The molecule has 0 aliphatic carbocycles. The van der Waals surface area contributed by atoms with Gasteiger partial charge < -0.3 is 14.6 Å². The Hall–Kier alpha value is -2.37. The van der Waals surface area contributed by atoms with Crippen LogP contribution in [-0.4, -0.2) is 18.6 Å². The van der Waals surface area contributed by atoms with Crippen molar-refractivity contribution in [3.8, 4) is 28.4 Å². The van der Waals surface area contributed by atoms with E-state index in [1.54, 1.807) is 18.2 Å². The van der Waals surface area contributed by atoms with Crippen molar-refractivity contribution in [2.75, 3.05) is 7.11 Å². The van der Waals surface area contributed by atoms with E-state index in [1.807, 2.05) is 6.92 Å². The van der Waals surface area contributed by atoms with Crippen molar-refractivity contribution >= 4 is 0 Å². The van der Waals surface area contributed by atoms with E-state index in [0.717, 1.165) is 11.6 Å². The minimum absolute atomic E-state index is 0.305. The number of benzene rings is 2. The Balaban J connectivity index is 2.42. The second-order valence-corrected chi connectivity index (χ2v) is 4.45. The minimum atomic E-state index is -4.80. The summed E-state index contributed by atoms with van der Waals surface area (Å²) in [6.07, 6.45) is -4.80. The molecule has 112 valence electrons. The Labute approximate surface area is 119 Å². The van der Waals surface area contributed by atoms with Crippen molar-refractivity contribution in [2.45, 2.75) is 13.3 Å². The number of aromatic hydroxyl groups is 1. The van der Waals surface area contributed by atoms with E-state index in [4.69, 9.17) is 4.74 Å². The fraction of sp³-hybridized carbons (Fsp3) is 0.200. The molecule has 0 aromatic heterocycles. The standard InChI is InChI=1S/C15H13F3O3/c1-9-5-10(3-4-14(9)20-2)11-6-12(19)8-13(7-11)21-15(16,17)18/h3-8,19H,1-2H3. The van der Waals surface area contributed by atoms with E-state index in [1.165, 1.54) is 19.2 Å². The van der Waals surface area contributed by atoms with Crippen molar-refractivity contribution in [1.82, 2.24) is 0 Å². The maximum atomic E-state index is 12.2. The smallest absolute Gasteiger partial charge is 0.508 e. The molecule has 0 aliphatic rings. The number of halogens is 3. The Morgan fingerprint density at radius 2 is 1.71 bits per heavy atom.